The van der Waals surface area contributed by atoms with Crippen molar-refractivity contribution in [3.8, 4) is 0 Å². The maximum absolute atomic E-state index is 13.4. The first-order valence-electron chi connectivity index (χ1n) is 5.17. The first-order valence-corrected chi connectivity index (χ1v) is 5.17. The van der Waals surface area contributed by atoms with Gasteiger partial charge in [0.05, 0.1) is 0 Å². The number of hydrogen-bond donors (Lipinski definition) is 1. The average molecular weight is 216 g/mol. The molecule has 0 aliphatic heterocycles. The highest BCUT2D eigenvalue weighted by molar-refractivity contribution is 5.32. The van der Waals surface area contributed by atoms with Gasteiger partial charge in [-0.1, -0.05) is 48.0 Å². The zero-order chi connectivity index (χ0) is 11.5. The quantitative estimate of drug-likeness (QED) is 0.817. The highest BCUT2D eigenvalue weighted by Gasteiger charge is 2.13. The van der Waals surface area contributed by atoms with Crippen molar-refractivity contribution in [1.29, 1.82) is 0 Å². The molecule has 0 fully saturated rings. The van der Waals surface area contributed by atoms with Crippen LogP contribution in [0.3, 0.4) is 0 Å². The van der Waals surface area contributed by atoms with Crippen LogP contribution in [0.2, 0.25) is 0 Å². The molecule has 1 unspecified atom stereocenters. The van der Waals surface area contributed by atoms with Crippen molar-refractivity contribution in [3.63, 3.8) is 0 Å². The number of aryl methyl sites for hydroxylation is 1. The minimum absolute atomic E-state index is 0.311. The van der Waals surface area contributed by atoms with Gasteiger partial charge < -0.3 is 5.11 Å². The predicted octanol–water partition coefficient (Wildman–Crippen LogP) is 3.22. The Morgan fingerprint density at radius 2 is 1.62 bits per heavy atom. The van der Waals surface area contributed by atoms with Crippen molar-refractivity contribution in [2.24, 2.45) is 0 Å². The second-order valence-electron chi connectivity index (χ2n) is 3.83. The van der Waals surface area contributed by atoms with Crippen molar-refractivity contribution in [2.45, 2.75) is 13.0 Å². The molecule has 0 heterocycles. The third kappa shape index (κ3) is 2.12. The molecule has 0 aliphatic carbocycles. The van der Waals surface area contributed by atoms with E-state index >= 15 is 0 Å². The minimum Gasteiger partial charge on any atom is -0.384 e. The fourth-order valence-electron chi connectivity index (χ4n) is 1.63. The van der Waals surface area contributed by atoms with Crippen LogP contribution in [-0.4, -0.2) is 5.11 Å². The summed E-state index contributed by atoms with van der Waals surface area (Å²) in [6.07, 6.45) is -0.901. The molecule has 1 N–H and O–H groups in total. The van der Waals surface area contributed by atoms with E-state index in [-0.39, 0.29) is 5.82 Å². The molecule has 2 aromatic carbocycles. The minimum atomic E-state index is -0.901. The van der Waals surface area contributed by atoms with Gasteiger partial charge in [-0.25, -0.2) is 4.39 Å². The van der Waals surface area contributed by atoms with Gasteiger partial charge in [0.25, 0.3) is 0 Å². The third-order valence-corrected chi connectivity index (χ3v) is 2.59. The Labute approximate surface area is 94.2 Å². The van der Waals surface area contributed by atoms with E-state index < -0.39 is 6.10 Å². The summed E-state index contributed by atoms with van der Waals surface area (Å²) in [5.74, 6) is -0.379. The maximum Gasteiger partial charge on any atom is 0.129 e. The predicted molar refractivity (Wildman–Crippen MR) is 61.6 cm³/mol. The van der Waals surface area contributed by atoms with Crippen LogP contribution in [0.5, 0.6) is 0 Å². The largest absolute Gasteiger partial charge is 0.384 e. The zero-order valence-electron chi connectivity index (χ0n) is 9.02. The fraction of sp³-hybridized carbons (Fsp3) is 0.143. The highest BCUT2D eigenvalue weighted by Crippen LogP contribution is 2.24. The molecule has 0 radical (unpaired) electrons. The summed E-state index contributed by atoms with van der Waals surface area (Å²) in [5, 5.41) is 10.0. The Morgan fingerprint density at radius 3 is 2.25 bits per heavy atom. The Balaban J connectivity index is 2.35. The molecule has 0 amide bonds. The van der Waals surface area contributed by atoms with Gasteiger partial charge >= 0.3 is 0 Å². The van der Waals surface area contributed by atoms with Crippen LogP contribution in [-0.2, 0) is 0 Å². The molecule has 2 heteroatoms. The van der Waals surface area contributed by atoms with Gasteiger partial charge in [0, 0.05) is 5.56 Å². The second kappa shape index (κ2) is 4.45. The molecule has 0 spiro atoms. The molecule has 2 rings (SSSR count). The summed E-state index contributed by atoms with van der Waals surface area (Å²) in [6, 6.07) is 13.7. The monoisotopic (exact) mass is 216 g/mol. The molecule has 0 aliphatic rings. The van der Waals surface area contributed by atoms with E-state index in [0.29, 0.717) is 11.1 Å². The Hall–Kier alpha value is -1.67. The van der Waals surface area contributed by atoms with Crippen molar-refractivity contribution in [3.05, 3.63) is 71.0 Å². The van der Waals surface area contributed by atoms with Gasteiger partial charge in [0.1, 0.15) is 11.9 Å². The second-order valence-corrected chi connectivity index (χ2v) is 3.83. The molecular formula is C14H13FO. The Kier molecular flexibility index (Phi) is 3.02. The van der Waals surface area contributed by atoms with Crippen molar-refractivity contribution >= 4 is 0 Å². The number of hydrogen-bond acceptors (Lipinski definition) is 1. The lowest BCUT2D eigenvalue weighted by atomic mass is 10.0. The van der Waals surface area contributed by atoms with Crippen LogP contribution >= 0.6 is 0 Å². The van der Waals surface area contributed by atoms with E-state index in [1.165, 1.54) is 6.07 Å². The van der Waals surface area contributed by atoms with Gasteiger partial charge in [0.15, 0.2) is 0 Å². The van der Waals surface area contributed by atoms with E-state index in [2.05, 4.69) is 0 Å². The van der Waals surface area contributed by atoms with Crippen LogP contribution in [0.15, 0.2) is 48.5 Å². The first kappa shape index (κ1) is 10.8. The fourth-order valence-corrected chi connectivity index (χ4v) is 1.63. The molecule has 2 aromatic rings. The first-order chi connectivity index (χ1) is 7.68. The number of aliphatic hydroxyl groups is 1. The van der Waals surface area contributed by atoms with Gasteiger partial charge in [-0.15, -0.1) is 0 Å². The number of benzene rings is 2. The van der Waals surface area contributed by atoms with E-state index in [0.717, 1.165) is 5.56 Å². The van der Waals surface area contributed by atoms with E-state index in [1.54, 1.807) is 18.2 Å². The van der Waals surface area contributed by atoms with Crippen molar-refractivity contribution < 1.29 is 9.50 Å². The summed E-state index contributed by atoms with van der Waals surface area (Å²) in [5.41, 5.74) is 2.13. The lowest BCUT2D eigenvalue weighted by molar-refractivity contribution is 0.215. The molecule has 82 valence electrons. The van der Waals surface area contributed by atoms with Crippen LogP contribution in [0.25, 0.3) is 0 Å². The standard InChI is InChI=1S/C14H13FO/c1-10-6-8-11(9-7-10)14(16)12-4-2-3-5-13(12)15/h2-9,14,16H,1H3. The molecule has 0 bridgehead atoms. The topological polar surface area (TPSA) is 20.2 Å². The Morgan fingerprint density at radius 1 is 1.00 bits per heavy atom. The van der Waals surface area contributed by atoms with E-state index in [4.69, 9.17) is 0 Å². The summed E-state index contributed by atoms with van der Waals surface area (Å²) < 4.78 is 13.4. The molecule has 1 nitrogen and oxygen atoms in total. The van der Waals surface area contributed by atoms with E-state index in [1.807, 2.05) is 31.2 Å². The number of rotatable bonds is 2. The Bertz CT molecular complexity index is 476. The molecule has 0 saturated heterocycles. The van der Waals surface area contributed by atoms with Crippen molar-refractivity contribution in [1.82, 2.24) is 0 Å². The number of aliphatic hydroxyl groups excluding tert-OH is 1. The maximum atomic E-state index is 13.4. The zero-order valence-corrected chi connectivity index (χ0v) is 9.02. The SMILES string of the molecule is Cc1ccc(C(O)c2ccccc2F)cc1. The lowest BCUT2D eigenvalue weighted by Gasteiger charge is -2.12. The molecule has 16 heavy (non-hydrogen) atoms. The summed E-state index contributed by atoms with van der Waals surface area (Å²) >= 11 is 0. The summed E-state index contributed by atoms with van der Waals surface area (Å²) in [4.78, 5) is 0. The highest BCUT2D eigenvalue weighted by atomic mass is 19.1. The van der Waals surface area contributed by atoms with Crippen LogP contribution < -0.4 is 0 Å². The lowest BCUT2D eigenvalue weighted by Crippen LogP contribution is -2.02. The van der Waals surface area contributed by atoms with Gasteiger partial charge in [-0.2, -0.15) is 0 Å². The van der Waals surface area contributed by atoms with Crippen molar-refractivity contribution in [2.75, 3.05) is 0 Å². The van der Waals surface area contributed by atoms with Gasteiger partial charge in [-0.05, 0) is 18.6 Å². The summed E-state index contributed by atoms with van der Waals surface area (Å²) in [7, 11) is 0. The van der Waals surface area contributed by atoms with Crippen LogP contribution in [0.1, 0.15) is 22.8 Å². The molecular weight excluding hydrogens is 203 g/mol. The summed E-state index contributed by atoms with van der Waals surface area (Å²) in [6.45, 7) is 1.97. The van der Waals surface area contributed by atoms with Crippen LogP contribution in [0, 0.1) is 12.7 Å². The van der Waals surface area contributed by atoms with Gasteiger partial charge in [0.2, 0.25) is 0 Å². The normalized spacial score (nSPS) is 12.4. The molecule has 1 atom stereocenters. The number of halogens is 1. The smallest absolute Gasteiger partial charge is 0.129 e. The molecule has 0 saturated carbocycles. The average Bonchev–Trinajstić information content (AvgIpc) is 2.30. The van der Waals surface area contributed by atoms with Crippen LogP contribution in [0.4, 0.5) is 4.39 Å². The third-order valence-electron chi connectivity index (χ3n) is 2.59. The van der Waals surface area contributed by atoms with Gasteiger partial charge in [-0.3, -0.25) is 0 Å². The van der Waals surface area contributed by atoms with E-state index in [9.17, 15) is 9.50 Å². The molecule has 0 aromatic heterocycles.